The maximum absolute atomic E-state index is 13.2. The van der Waals surface area contributed by atoms with E-state index in [1.807, 2.05) is 13.8 Å². The fraction of sp³-hybridized carbons (Fsp3) is 0.800. The first-order valence-electron chi connectivity index (χ1n) is 13.5. The Morgan fingerprint density at radius 2 is 1.64 bits per heavy atom. The number of carbonyl (C=O) groups excluding carboxylic acids is 2. The SMILES string of the molecule is CC(C)(O)C=CC(=O)C(C)(O)C1C(O)CC2(C)C3CC=C4C(CC(=O)C(O)C4(C)C)C3(C)CCC12C. The monoisotopic (exact) mass is 502 g/mol. The standard InChI is InChI=1S/C30H46O6/c1-25(2,35)12-11-22(33)30(8,36)23-20(32)16-29(7)21-10-9-17-18(15-19(31)24(34)26(17,3)4)27(21,5)13-14-28(23,29)6/h9,11-12,18,20-21,23-24,32,34-36H,10,13-16H2,1-8H3. The third-order valence-electron chi connectivity index (χ3n) is 11.4. The highest BCUT2D eigenvalue weighted by Gasteiger charge is 2.72. The molecule has 0 radical (unpaired) electrons. The van der Waals surface area contributed by atoms with Crippen LogP contribution in [0.5, 0.6) is 0 Å². The minimum absolute atomic E-state index is 0.0385. The van der Waals surface area contributed by atoms with Crippen molar-refractivity contribution in [2.75, 3.05) is 0 Å². The lowest BCUT2D eigenvalue weighted by Gasteiger charge is -2.65. The Bertz CT molecular complexity index is 1010. The minimum Gasteiger partial charge on any atom is -0.393 e. The average molecular weight is 503 g/mol. The predicted molar refractivity (Wildman–Crippen MR) is 138 cm³/mol. The zero-order valence-corrected chi connectivity index (χ0v) is 23.3. The average Bonchev–Trinajstić information content (AvgIpc) is 2.96. The molecule has 0 spiro atoms. The van der Waals surface area contributed by atoms with Gasteiger partial charge in [-0.1, -0.05) is 52.3 Å². The molecule has 0 aromatic carbocycles. The highest BCUT2D eigenvalue weighted by atomic mass is 16.3. The van der Waals surface area contributed by atoms with Crippen molar-refractivity contribution in [2.45, 2.75) is 111 Å². The molecule has 202 valence electrons. The van der Waals surface area contributed by atoms with E-state index in [-0.39, 0.29) is 28.4 Å². The van der Waals surface area contributed by atoms with Crippen molar-refractivity contribution in [3.8, 4) is 0 Å². The molecular weight excluding hydrogens is 456 g/mol. The number of rotatable bonds is 4. The number of hydrogen-bond acceptors (Lipinski definition) is 6. The summed E-state index contributed by atoms with van der Waals surface area (Å²) in [5.41, 5.74) is -3.45. The molecule has 9 atom stereocenters. The number of ketones is 2. The summed E-state index contributed by atoms with van der Waals surface area (Å²) in [4.78, 5) is 26.1. The van der Waals surface area contributed by atoms with Crippen molar-refractivity contribution < 1.29 is 30.0 Å². The fourth-order valence-corrected chi connectivity index (χ4v) is 9.19. The normalized spacial score (nSPS) is 45.9. The molecule has 6 nitrogen and oxygen atoms in total. The first-order valence-corrected chi connectivity index (χ1v) is 13.5. The van der Waals surface area contributed by atoms with Crippen molar-refractivity contribution in [3.05, 3.63) is 23.8 Å². The van der Waals surface area contributed by atoms with Gasteiger partial charge in [-0.3, -0.25) is 9.59 Å². The Morgan fingerprint density at radius 3 is 2.22 bits per heavy atom. The second kappa shape index (κ2) is 8.08. The number of fused-ring (bicyclic) bond motifs is 5. The summed E-state index contributed by atoms with van der Waals surface area (Å²) in [5, 5.41) is 43.8. The molecule has 3 saturated carbocycles. The van der Waals surface area contributed by atoms with Crippen LogP contribution < -0.4 is 0 Å². The van der Waals surface area contributed by atoms with Gasteiger partial charge in [0.05, 0.1) is 11.7 Å². The third-order valence-corrected chi connectivity index (χ3v) is 11.4. The number of aliphatic hydroxyl groups is 4. The molecule has 0 aliphatic heterocycles. The maximum Gasteiger partial charge on any atom is 0.187 e. The van der Waals surface area contributed by atoms with Crippen molar-refractivity contribution in [1.29, 1.82) is 0 Å². The van der Waals surface area contributed by atoms with Gasteiger partial charge in [-0.05, 0) is 80.6 Å². The number of hydrogen-bond donors (Lipinski definition) is 4. The van der Waals surface area contributed by atoms with E-state index in [9.17, 15) is 30.0 Å². The van der Waals surface area contributed by atoms with Gasteiger partial charge < -0.3 is 20.4 Å². The summed E-state index contributed by atoms with van der Waals surface area (Å²) in [6, 6.07) is 0. The van der Waals surface area contributed by atoms with Gasteiger partial charge in [0.25, 0.3) is 0 Å². The molecular formula is C30H46O6. The summed E-state index contributed by atoms with van der Waals surface area (Å²) >= 11 is 0. The van der Waals surface area contributed by atoms with Crippen LogP contribution in [0.3, 0.4) is 0 Å². The van der Waals surface area contributed by atoms with E-state index in [0.717, 1.165) is 19.3 Å². The first-order chi connectivity index (χ1) is 16.2. The first kappa shape index (κ1) is 27.7. The zero-order chi connectivity index (χ0) is 27.3. The topological polar surface area (TPSA) is 115 Å². The van der Waals surface area contributed by atoms with E-state index in [1.54, 1.807) is 13.8 Å². The van der Waals surface area contributed by atoms with Crippen LogP contribution in [0.25, 0.3) is 0 Å². The molecule has 4 N–H and O–H groups in total. The van der Waals surface area contributed by atoms with Crippen LogP contribution in [0.4, 0.5) is 0 Å². The van der Waals surface area contributed by atoms with E-state index in [1.165, 1.54) is 24.6 Å². The molecule has 0 aromatic rings. The van der Waals surface area contributed by atoms with Gasteiger partial charge in [0.1, 0.15) is 11.7 Å². The van der Waals surface area contributed by atoms with Crippen LogP contribution >= 0.6 is 0 Å². The second-order valence-electron chi connectivity index (χ2n) is 14.4. The van der Waals surface area contributed by atoms with E-state index in [2.05, 4.69) is 26.8 Å². The smallest absolute Gasteiger partial charge is 0.187 e. The lowest BCUT2D eigenvalue weighted by atomic mass is 9.39. The highest BCUT2D eigenvalue weighted by molar-refractivity contribution is 5.97. The van der Waals surface area contributed by atoms with Crippen LogP contribution in [-0.2, 0) is 9.59 Å². The van der Waals surface area contributed by atoms with Gasteiger partial charge in [0.15, 0.2) is 11.6 Å². The van der Waals surface area contributed by atoms with Gasteiger partial charge in [-0.25, -0.2) is 0 Å². The molecule has 3 fully saturated rings. The molecule has 0 bridgehead atoms. The summed E-state index contributed by atoms with van der Waals surface area (Å²) in [5.74, 6) is -1.06. The van der Waals surface area contributed by atoms with Crippen LogP contribution in [0.1, 0.15) is 87.5 Å². The molecule has 0 amide bonds. The summed E-state index contributed by atoms with van der Waals surface area (Å²) < 4.78 is 0. The molecule has 0 aromatic heterocycles. The molecule has 0 saturated heterocycles. The van der Waals surface area contributed by atoms with Crippen molar-refractivity contribution in [3.63, 3.8) is 0 Å². The molecule has 0 heterocycles. The number of carbonyl (C=O) groups is 2. The Kier molecular flexibility index (Phi) is 6.21. The number of allylic oxidation sites excluding steroid dienone is 1. The van der Waals surface area contributed by atoms with Gasteiger partial charge in [-0.15, -0.1) is 0 Å². The Hall–Kier alpha value is -1.34. The molecule has 9 unspecified atom stereocenters. The number of Topliss-reactive ketones (excluding diaryl/α,β-unsaturated/α-hetero) is 1. The van der Waals surface area contributed by atoms with E-state index >= 15 is 0 Å². The van der Waals surface area contributed by atoms with Gasteiger partial charge >= 0.3 is 0 Å². The quantitative estimate of drug-likeness (QED) is 0.344. The maximum atomic E-state index is 13.2. The molecule has 6 heteroatoms. The largest absolute Gasteiger partial charge is 0.393 e. The van der Waals surface area contributed by atoms with Crippen LogP contribution in [0, 0.1) is 39.4 Å². The van der Waals surface area contributed by atoms with E-state index in [0.29, 0.717) is 12.8 Å². The third kappa shape index (κ3) is 3.65. The lowest BCUT2D eigenvalue weighted by Crippen LogP contribution is -2.62. The summed E-state index contributed by atoms with van der Waals surface area (Å²) in [6.45, 7) is 15.2. The molecule has 4 aliphatic rings. The van der Waals surface area contributed by atoms with Crippen molar-refractivity contribution in [2.24, 2.45) is 39.4 Å². The summed E-state index contributed by atoms with van der Waals surface area (Å²) in [7, 11) is 0. The van der Waals surface area contributed by atoms with Crippen molar-refractivity contribution >= 4 is 11.6 Å². The van der Waals surface area contributed by atoms with Gasteiger partial charge in [0, 0.05) is 17.8 Å². The highest BCUT2D eigenvalue weighted by Crippen LogP contribution is 2.75. The Balaban J connectivity index is 1.75. The minimum atomic E-state index is -1.79. The van der Waals surface area contributed by atoms with Crippen LogP contribution in [0.2, 0.25) is 0 Å². The van der Waals surface area contributed by atoms with Crippen molar-refractivity contribution in [1.82, 2.24) is 0 Å². The Morgan fingerprint density at radius 1 is 1.03 bits per heavy atom. The van der Waals surface area contributed by atoms with Crippen LogP contribution in [0.15, 0.2) is 23.8 Å². The lowest BCUT2D eigenvalue weighted by molar-refractivity contribution is -0.176. The van der Waals surface area contributed by atoms with Gasteiger partial charge in [0.2, 0.25) is 0 Å². The number of aliphatic hydroxyl groups excluding tert-OH is 2. The van der Waals surface area contributed by atoms with Gasteiger partial charge in [-0.2, -0.15) is 0 Å². The molecule has 4 rings (SSSR count). The predicted octanol–water partition coefficient (Wildman–Crippen LogP) is 3.75. The van der Waals surface area contributed by atoms with E-state index < -0.39 is 45.9 Å². The fourth-order valence-electron chi connectivity index (χ4n) is 9.19. The summed E-state index contributed by atoms with van der Waals surface area (Å²) in [6.07, 6.45) is 6.16. The zero-order valence-electron chi connectivity index (χ0n) is 23.3. The van der Waals surface area contributed by atoms with E-state index in [4.69, 9.17) is 0 Å². The van der Waals surface area contributed by atoms with Crippen LogP contribution in [-0.4, -0.2) is 55.4 Å². The Labute approximate surface area is 215 Å². The second-order valence-corrected chi connectivity index (χ2v) is 14.4. The molecule has 4 aliphatic carbocycles. The molecule has 36 heavy (non-hydrogen) atoms.